The molecule has 2 aliphatic rings. The predicted molar refractivity (Wildman–Crippen MR) is 99.9 cm³/mol. The van der Waals surface area contributed by atoms with Crippen molar-refractivity contribution in [3.63, 3.8) is 0 Å². The standard InChI is InChI=1S/C18H31N5O4/c1-3-22-17(19-23(18(22)25)10-11-26-2)15-4-6-20(7-5-15)14-16(24)21-8-12-27-13-9-21/h15H,3-14H2,1-2H3. The molecule has 2 fully saturated rings. The van der Waals surface area contributed by atoms with Gasteiger partial charge in [0.2, 0.25) is 5.91 Å². The smallest absolute Gasteiger partial charge is 0.345 e. The number of hydrogen-bond acceptors (Lipinski definition) is 6. The van der Waals surface area contributed by atoms with Crippen LogP contribution in [0.2, 0.25) is 0 Å². The molecule has 0 atom stereocenters. The van der Waals surface area contributed by atoms with Crippen molar-refractivity contribution in [3.05, 3.63) is 16.3 Å². The van der Waals surface area contributed by atoms with Crippen molar-refractivity contribution < 1.29 is 14.3 Å². The van der Waals surface area contributed by atoms with Crippen LogP contribution in [0.5, 0.6) is 0 Å². The Hall–Kier alpha value is -1.71. The van der Waals surface area contributed by atoms with E-state index in [0.717, 1.165) is 31.8 Å². The van der Waals surface area contributed by atoms with Gasteiger partial charge in [-0.05, 0) is 32.9 Å². The lowest BCUT2D eigenvalue weighted by atomic mass is 9.96. The molecular formula is C18H31N5O4. The van der Waals surface area contributed by atoms with Crippen molar-refractivity contribution in [1.29, 1.82) is 0 Å². The van der Waals surface area contributed by atoms with Gasteiger partial charge in [-0.25, -0.2) is 9.48 Å². The monoisotopic (exact) mass is 381 g/mol. The zero-order valence-electron chi connectivity index (χ0n) is 16.4. The van der Waals surface area contributed by atoms with Gasteiger partial charge in [0.25, 0.3) is 0 Å². The zero-order chi connectivity index (χ0) is 19.2. The van der Waals surface area contributed by atoms with E-state index < -0.39 is 0 Å². The van der Waals surface area contributed by atoms with E-state index in [4.69, 9.17) is 9.47 Å². The molecule has 152 valence electrons. The summed E-state index contributed by atoms with van der Waals surface area (Å²) < 4.78 is 13.7. The summed E-state index contributed by atoms with van der Waals surface area (Å²) in [6.45, 7) is 8.36. The molecule has 0 aromatic carbocycles. The van der Waals surface area contributed by atoms with E-state index in [9.17, 15) is 9.59 Å². The van der Waals surface area contributed by atoms with Gasteiger partial charge in [-0.2, -0.15) is 5.10 Å². The Morgan fingerprint density at radius 1 is 1.22 bits per heavy atom. The Kier molecular flexibility index (Phi) is 7.03. The lowest BCUT2D eigenvalue weighted by Crippen LogP contribution is -2.47. The fourth-order valence-electron chi connectivity index (χ4n) is 3.83. The molecule has 0 unspecified atom stereocenters. The van der Waals surface area contributed by atoms with Gasteiger partial charge in [-0.3, -0.25) is 14.3 Å². The first-order chi connectivity index (χ1) is 13.1. The minimum absolute atomic E-state index is 0.0607. The molecule has 9 heteroatoms. The molecule has 27 heavy (non-hydrogen) atoms. The predicted octanol–water partition coefficient (Wildman–Crippen LogP) is -0.251. The van der Waals surface area contributed by atoms with Crippen molar-refractivity contribution in [2.45, 2.75) is 38.8 Å². The number of amides is 1. The van der Waals surface area contributed by atoms with Gasteiger partial charge in [0.15, 0.2) is 0 Å². The molecule has 2 aliphatic heterocycles. The van der Waals surface area contributed by atoms with E-state index in [1.54, 1.807) is 11.7 Å². The van der Waals surface area contributed by atoms with Crippen LogP contribution in [0.1, 0.15) is 31.5 Å². The van der Waals surface area contributed by atoms with Gasteiger partial charge in [-0.1, -0.05) is 0 Å². The number of ether oxygens (including phenoxy) is 2. The lowest BCUT2D eigenvalue weighted by Gasteiger charge is -2.33. The number of methoxy groups -OCH3 is 1. The average molecular weight is 381 g/mol. The molecule has 0 aliphatic carbocycles. The van der Waals surface area contributed by atoms with Gasteiger partial charge in [0.1, 0.15) is 5.82 Å². The molecular weight excluding hydrogens is 350 g/mol. The van der Waals surface area contributed by atoms with Crippen molar-refractivity contribution in [1.82, 2.24) is 24.1 Å². The molecule has 0 N–H and O–H groups in total. The van der Waals surface area contributed by atoms with Crippen molar-refractivity contribution in [3.8, 4) is 0 Å². The van der Waals surface area contributed by atoms with E-state index in [-0.39, 0.29) is 17.5 Å². The third-order valence-corrected chi connectivity index (χ3v) is 5.45. The number of morpholine rings is 1. The van der Waals surface area contributed by atoms with E-state index in [1.165, 1.54) is 4.68 Å². The molecule has 0 saturated carbocycles. The highest BCUT2D eigenvalue weighted by Gasteiger charge is 2.28. The summed E-state index contributed by atoms with van der Waals surface area (Å²) in [6.07, 6.45) is 1.83. The van der Waals surface area contributed by atoms with Crippen molar-refractivity contribution in [2.75, 3.05) is 59.7 Å². The maximum Gasteiger partial charge on any atom is 0.345 e. The highest BCUT2D eigenvalue weighted by Crippen LogP contribution is 2.26. The number of rotatable bonds is 7. The van der Waals surface area contributed by atoms with E-state index >= 15 is 0 Å². The van der Waals surface area contributed by atoms with Gasteiger partial charge in [0.05, 0.1) is 32.9 Å². The van der Waals surface area contributed by atoms with E-state index in [1.807, 2.05) is 11.8 Å². The van der Waals surface area contributed by atoms with Crippen LogP contribution in [0.15, 0.2) is 4.79 Å². The van der Waals surface area contributed by atoms with E-state index in [0.29, 0.717) is 52.5 Å². The van der Waals surface area contributed by atoms with Gasteiger partial charge >= 0.3 is 5.69 Å². The van der Waals surface area contributed by atoms with Crippen molar-refractivity contribution >= 4 is 5.91 Å². The van der Waals surface area contributed by atoms with Crippen molar-refractivity contribution in [2.24, 2.45) is 0 Å². The van der Waals surface area contributed by atoms with Crippen LogP contribution >= 0.6 is 0 Å². The third-order valence-electron chi connectivity index (χ3n) is 5.45. The summed E-state index contributed by atoms with van der Waals surface area (Å²) >= 11 is 0. The number of aromatic nitrogens is 3. The topological polar surface area (TPSA) is 81.8 Å². The fraction of sp³-hybridized carbons (Fsp3) is 0.833. The molecule has 0 spiro atoms. The Balaban J connectivity index is 1.57. The van der Waals surface area contributed by atoms with Crippen LogP contribution in [0.4, 0.5) is 0 Å². The Morgan fingerprint density at radius 2 is 1.93 bits per heavy atom. The maximum absolute atomic E-state index is 12.5. The SMILES string of the molecule is CCn1c(C2CCN(CC(=O)N3CCOCC3)CC2)nn(CCOC)c1=O. The van der Waals surface area contributed by atoms with Gasteiger partial charge in [-0.15, -0.1) is 0 Å². The normalized spacial score (nSPS) is 19.6. The van der Waals surface area contributed by atoms with Crippen LogP contribution < -0.4 is 5.69 Å². The Bertz CT molecular complexity index is 672. The fourth-order valence-corrected chi connectivity index (χ4v) is 3.83. The minimum atomic E-state index is -0.0607. The van der Waals surface area contributed by atoms with Crippen LogP contribution in [0, 0.1) is 0 Å². The van der Waals surface area contributed by atoms with Crippen LogP contribution in [0.3, 0.4) is 0 Å². The first kappa shape index (κ1) is 20.0. The molecule has 9 nitrogen and oxygen atoms in total. The number of carbonyl (C=O) groups excluding carboxylic acids is 1. The molecule has 3 heterocycles. The molecule has 0 radical (unpaired) electrons. The first-order valence-corrected chi connectivity index (χ1v) is 9.88. The summed E-state index contributed by atoms with van der Waals surface area (Å²) in [5, 5.41) is 4.58. The summed E-state index contributed by atoms with van der Waals surface area (Å²) in [4.78, 5) is 29.0. The number of carbonyl (C=O) groups is 1. The average Bonchev–Trinajstić information content (AvgIpc) is 3.03. The zero-order valence-corrected chi connectivity index (χ0v) is 16.4. The highest BCUT2D eigenvalue weighted by molar-refractivity contribution is 5.78. The molecule has 1 amide bonds. The lowest BCUT2D eigenvalue weighted by molar-refractivity contribution is -0.136. The van der Waals surface area contributed by atoms with Gasteiger partial charge < -0.3 is 14.4 Å². The molecule has 2 saturated heterocycles. The molecule has 1 aromatic heterocycles. The number of hydrogen-bond donors (Lipinski definition) is 0. The highest BCUT2D eigenvalue weighted by atomic mass is 16.5. The Labute approximate surface area is 159 Å². The third kappa shape index (κ3) is 4.77. The second kappa shape index (κ2) is 9.48. The minimum Gasteiger partial charge on any atom is -0.383 e. The second-order valence-electron chi connectivity index (χ2n) is 7.14. The van der Waals surface area contributed by atoms with Crippen LogP contribution in [0.25, 0.3) is 0 Å². The quantitative estimate of drug-likeness (QED) is 0.648. The first-order valence-electron chi connectivity index (χ1n) is 9.88. The summed E-state index contributed by atoms with van der Waals surface area (Å²) in [7, 11) is 1.62. The molecule has 0 bridgehead atoms. The number of nitrogens with zero attached hydrogens (tertiary/aromatic N) is 5. The molecule has 3 rings (SSSR count). The van der Waals surface area contributed by atoms with Crippen LogP contribution in [-0.4, -0.2) is 89.7 Å². The number of piperidine rings is 1. The van der Waals surface area contributed by atoms with E-state index in [2.05, 4.69) is 10.00 Å². The molecule has 1 aromatic rings. The largest absolute Gasteiger partial charge is 0.383 e. The number of likely N-dealkylation sites (tertiary alicyclic amines) is 1. The summed E-state index contributed by atoms with van der Waals surface area (Å²) in [5.41, 5.74) is -0.0607. The second-order valence-corrected chi connectivity index (χ2v) is 7.14. The van der Waals surface area contributed by atoms with Gasteiger partial charge in [0, 0.05) is 32.7 Å². The summed E-state index contributed by atoms with van der Waals surface area (Å²) in [6, 6.07) is 0. The maximum atomic E-state index is 12.5. The van der Waals surface area contributed by atoms with Crippen LogP contribution in [-0.2, 0) is 27.4 Å². The Morgan fingerprint density at radius 3 is 2.56 bits per heavy atom. The summed E-state index contributed by atoms with van der Waals surface area (Å²) in [5.74, 6) is 1.32.